The van der Waals surface area contributed by atoms with Crippen LogP contribution >= 0.6 is 0 Å². The summed E-state index contributed by atoms with van der Waals surface area (Å²) in [7, 11) is 6.19. The Morgan fingerprint density at radius 1 is 1.05 bits per heavy atom. The molecule has 3 aliphatic heterocycles. The number of likely N-dealkylation sites (N-methyl/N-ethyl adjacent to an activating group) is 1. The molecule has 10 nitrogen and oxygen atoms in total. The highest BCUT2D eigenvalue weighted by Gasteiger charge is 2.30. The first kappa shape index (κ1) is 28.7. The number of piperidine rings is 2. The molecular weight excluding hydrogens is 532 g/mol. The summed E-state index contributed by atoms with van der Waals surface area (Å²) in [5, 5.41) is 3.60. The number of hydrogen-bond donors (Lipinski definition) is 1. The number of imide groups is 1. The summed E-state index contributed by atoms with van der Waals surface area (Å²) in [5.41, 5.74) is 5.41. The number of nitrogens with one attached hydrogen (secondary N) is 1. The maximum atomic E-state index is 12.5. The van der Waals surface area contributed by atoms with Crippen LogP contribution in [0.5, 0.6) is 0 Å². The fourth-order valence-corrected chi connectivity index (χ4v) is 6.49. The van der Waals surface area contributed by atoms with Crippen LogP contribution in [0.15, 0.2) is 36.5 Å². The van der Waals surface area contributed by atoms with Gasteiger partial charge in [-0.05, 0) is 82.8 Å². The standard InChI is InChI=1S/C32H40N6O4/c1-35(2)25-8-11-37(12-9-25)17-24-15-28(33-31-27(24)10-13-38(31)26-19-42-20-26)21-4-5-22(18-39)23(14-21)16-36(3)29-6-7-30(40)34-32(29)41/h4-5,10,13-15,18,25-26,29H,6-9,11-12,16-17,19-20H2,1-3H3,(H,34,40,41). The molecule has 42 heavy (non-hydrogen) atoms. The number of hydrogen-bond acceptors (Lipinski definition) is 8. The second kappa shape index (κ2) is 12.0. The van der Waals surface area contributed by atoms with Gasteiger partial charge in [-0.2, -0.15) is 0 Å². The molecule has 1 N–H and O–H groups in total. The molecule has 5 heterocycles. The third kappa shape index (κ3) is 5.76. The summed E-state index contributed by atoms with van der Waals surface area (Å²) in [6, 6.07) is 10.7. The maximum Gasteiger partial charge on any atom is 0.243 e. The van der Waals surface area contributed by atoms with E-state index >= 15 is 0 Å². The van der Waals surface area contributed by atoms with Gasteiger partial charge in [-0.15, -0.1) is 0 Å². The molecule has 2 amide bonds. The van der Waals surface area contributed by atoms with Gasteiger partial charge in [0.25, 0.3) is 0 Å². The number of carbonyl (C=O) groups excluding carboxylic acids is 3. The Bertz CT molecular complexity index is 1490. The highest BCUT2D eigenvalue weighted by Crippen LogP contribution is 2.32. The van der Waals surface area contributed by atoms with E-state index in [9.17, 15) is 14.4 Å². The molecule has 0 saturated carbocycles. The number of rotatable bonds is 9. The number of fused-ring (bicyclic) bond motifs is 1. The van der Waals surface area contributed by atoms with Crippen molar-refractivity contribution in [3.05, 3.63) is 53.2 Å². The lowest BCUT2D eigenvalue weighted by Gasteiger charge is -2.35. The number of aldehydes is 1. The highest BCUT2D eigenvalue weighted by atomic mass is 16.5. The van der Waals surface area contributed by atoms with E-state index in [4.69, 9.17) is 9.72 Å². The van der Waals surface area contributed by atoms with Crippen molar-refractivity contribution in [2.24, 2.45) is 0 Å². The summed E-state index contributed by atoms with van der Waals surface area (Å²) in [4.78, 5) is 48.1. The average molecular weight is 573 g/mol. The third-order valence-corrected chi connectivity index (χ3v) is 9.19. The van der Waals surface area contributed by atoms with Crippen molar-refractivity contribution in [2.75, 3.05) is 47.4 Å². The Hall–Kier alpha value is -3.44. The summed E-state index contributed by atoms with van der Waals surface area (Å²) in [6.45, 7) is 4.75. The van der Waals surface area contributed by atoms with Crippen LogP contribution < -0.4 is 5.32 Å². The topological polar surface area (TPSA) is 100 Å². The molecule has 2 aromatic heterocycles. The average Bonchev–Trinajstić information content (AvgIpc) is 3.36. The van der Waals surface area contributed by atoms with Crippen LogP contribution in [0.2, 0.25) is 0 Å². The van der Waals surface area contributed by atoms with E-state index in [0.717, 1.165) is 61.2 Å². The molecule has 6 rings (SSSR count). The SMILES string of the molecule is CN(C)C1CCN(Cc2cc(-c3ccc(C=O)c(CN(C)C4CCC(=O)NC4=O)c3)nc3c2ccn3C2COC2)CC1. The fraction of sp³-hybridized carbons (Fsp3) is 0.500. The van der Waals surface area contributed by atoms with Crippen molar-refractivity contribution in [3.8, 4) is 11.3 Å². The molecule has 3 saturated heterocycles. The van der Waals surface area contributed by atoms with Crippen molar-refractivity contribution in [3.63, 3.8) is 0 Å². The fourth-order valence-electron chi connectivity index (χ4n) is 6.49. The van der Waals surface area contributed by atoms with Crippen molar-refractivity contribution in [2.45, 2.75) is 56.9 Å². The third-order valence-electron chi connectivity index (χ3n) is 9.19. The number of nitrogens with zero attached hydrogens (tertiary/aromatic N) is 5. The second-order valence-electron chi connectivity index (χ2n) is 12.2. The molecule has 1 unspecified atom stereocenters. The molecule has 0 bridgehead atoms. The van der Waals surface area contributed by atoms with E-state index in [1.807, 2.05) is 30.1 Å². The molecular formula is C32H40N6O4. The van der Waals surface area contributed by atoms with Crippen LogP contribution in [0.1, 0.15) is 53.2 Å². The largest absolute Gasteiger partial charge is 0.377 e. The van der Waals surface area contributed by atoms with Gasteiger partial charge in [0.1, 0.15) is 11.9 Å². The Balaban J connectivity index is 1.32. The second-order valence-corrected chi connectivity index (χ2v) is 12.2. The molecule has 1 atom stereocenters. The molecule has 0 spiro atoms. The van der Waals surface area contributed by atoms with E-state index in [-0.39, 0.29) is 17.9 Å². The van der Waals surface area contributed by atoms with Crippen LogP contribution in [0.25, 0.3) is 22.3 Å². The van der Waals surface area contributed by atoms with Crippen LogP contribution in [-0.2, 0) is 27.4 Å². The van der Waals surface area contributed by atoms with E-state index in [0.29, 0.717) is 44.2 Å². The van der Waals surface area contributed by atoms with Gasteiger partial charge in [-0.25, -0.2) is 4.98 Å². The van der Waals surface area contributed by atoms with Gasteiger partial charge in [0.2, 0.25) is 11.8 Å². The van der Waals surface area contributed by atoms with Gasteiger partial charge >= 0.3 is 0 Å². The van der Waals surface area contributed by atoms with Gasteiger partial charge in [0, 0.05) is 48.3 Å². The number of carbonyl (C=O) groups is 3. The van der Waals surface area contributed by atoms with Crippen LogP contribution in [0.3, 0.4) is 0 Å². The first-order chi connectivity index (χ1) is 20.3. The molecule has 0 aliphatic carbocycles. The zero-order valence-corrected chi connectivity index (χ0v) is 24.7. The number of aromatic nitrogens is 2. The molecule has 1 aromatic carbocycles. The molecule has 10 heteroatoms. The Morgan fingerprint density at radius 2 is 1.83 bits per heavy atom. The van der Waals surface area contributed by atoms with Crippen LogP contribution in [-0.4, -0.2) is 102 Å². The van der Waals surface area contributed by atoms with Crippen molar-refractivity contribution < 1.29 is 19.1 Å². The lowest BCUT2D eigenvalue weighted by molar-refractivity contribution is -0.137. The number of amides is 2. The predicted molar refractivity (Wildman–Crippen MR) is 160 cm³/mol. The minimum absolute atomic E-state index is 0.238. The number of benzene rings is 1. The van der Waals surface area contributed by atoms with Crippen LogP contribution in [0, 0.1) is 0 Å². The minimum atomic E-state index is -0.420. The summed E-state index contributed by atoms with van der Waals surface area (Å²) < 4.78 is 7.74. The van der Waals surface area contributed by atoms with Gasteiger partial charge < -0.3 is 14.2 Å². The number of ether oxygens (including phenoxy) is 1. The van der Waals surface area contributed by atoms with E-state index in [2.05, 4.69) is 52.1 Å². The van der Waals surface area contributed by atoms with Crippen LogP contribution in [0.4, 0.5) is 0 Å². The van der Waals surface area contributed by atoms with E-state index in [1.54, 1.807) is 0 Å². The first-order valence-electron chi connectivity index (χ1n) is 14.9. The smallest absolute Gasteiger partial charge is 0.243 e. The summed E-state index contributed by atoms with van der Waals surface area (Å²) in [6.07, 6.45) is 6.08. The summed E-state index contributed by atoms with van der Waals surface area (Å²) >= 11 is 0. The Morgan fingerprint density at radius 3 is 2.50 bits per heavy atom. The first-order valence-corrected chi connectivity index (χ1v) is 14.9. The monoisotopic (exact) mass is 572 g/mol. The zero-order valence-electron chi connectivity index (χ0n) is 24.7. The highest BCUT2D eigenvalue weighted by molar-refractivity contribution is 6.00. The summed E-state index contributed by atoms with van der Waals surface area (Å²) in [5.74, 6) is -0.526. The van der Waals surface area contributed by atoms with Crippen molar-refractivity contribution in [1.29, 1.82) is 0 Å². The lowest BCUT2D eigenvalue weighted by atomic mass is 9.98. The van der Waals surface area contributed by atoms with Crippen molar-refractivity contribution in [1.82, 2.24) is 29.6 Å². The quantitative estimate of drug-likeness (QED) is 0.309. The van der Waals surface area contributed by atoms with Gasteiger partial charge in [0.15, 0.2) is 0 Å². The Kier molecular flexibility index (Phi) is 8.22. The van der Waals surface area contributed by atoms with E-state index < -0.39 is 6.04 Å². The minimum Gasteiger partial charge on any atom is -0.377 e. The number of pyridine rings is 1. The molecule has 3 aliphatic rings. The van der Waals surface area contributed by atoms with Gasteiger partial charge in [-0.3, -0.25) is 29.5 Å². The van der Waals surface area contributed by atoms with Gasteiger partial charge in [0.05, 0.1) is 31.0 Å². The van der Waals surface area contributed by atoms with Crippen molar-refractivity contribution >= 4 is 29.1 Å². The molecule has 3 fully saturated rings. The normalized spacial score (nSPS) is 20.8. The number of likely N-dealkylation sites (tertiary alicyclic amines) is 1. The predicted octanol–water partition coefficient (Wildman–Crippen LogP) is 2.85. The Labute approximate surface area is 246 Å². The zero-order chi connectivity index (χ0) is 29.4. The van der Waals surface area contributed by atoms with Gasteiger partial charge in [-0.1, -0.05) is 12.1 Å². The maximum absolute atomic E-state index is 12.5. The lowest BCUT2D eigenvalue weighted by Crippen LogP contribution is -2.51. The van der Waals surface area contributed by atoms with E-state index in [1.165, 1.54) is 10.9 Å². The molecule has 222 valence electrons. The molecule has 0 radical (unpaired) electrons. The molecule has 3 aromatic rings.